The first kappa shape index (κ1) is 12.1. The summed E-state index contributed by atoms with van der Waals surface area (Å²) in [5.41, 5.74) is 1.59. The molecule has 0 amide bonds. The highest BCUT2D eigenvalue weighted by Crippen LogP contribution is 2.40. The van der Waals surface area contributed by atoms with Crippen LogP contribution in [0.5, 0.6) is 0 Å². The minimum absolute atomic E-state index is 0.330. The van der Waals surface area contributed by atoms with Crippen molar-refractivity contribution >= 4 is 27.5 Å². The monoisotopic (exact) mass is 326 g/mol. The van der Waals surface area contributed by atoms with E-state index in [-0.39, 0.29) is 5.82 Å². The van der Waals surface area contributed by atoms with Crippen molar-refractivity contribution in [2.45, 2.75) is 18.8 Å². The number of benzene rings is 1. The molecule has 1 aliphatic rings. The molecule has 1 fully saturated rings. The van der Waals surface area contributed by atoms with Gasteiger partial charge in [0.05, 0.1) is 4.47 Å². The lowest BCUT2D eigenvalue weighted by Crippen LogP contribution is -1.95. The van der Waals surface area contributed by atoms with Gasteiger partial charge in [0.2, 0.25) is 0 Å². The van der Waals surface area contributed by atoms with Crippen LogP contribution in [-0.2, 0) is 0 Å². The van der Waals surface area contributed by atoms with Crippen LogP contribution in [0.4, 0.5) is 4.39 Å². The molecule has 1 aliphatic carbocycles. The van der Waals surface area contributed by atoms with Gasteiger partial charge in [0, 0.05) is 17.2 Å². The number of rotatable bonds is 2. The number of nitrogens with zero attached hydrogens (tertiary/aromatic N) is 2. The Labute approximate surface area is 117 Å². The first-order chi connectivity index (χ1) is 8.63. The van der Waals surface area contributed by atoms with E-state index in [1.165, 1.54) is 6.07 Å². The maximum absolute atomic E-state index is 13.5. The second-order valence-corrected chi connectivity index (χ2v) is 5.58. The van der Waals surface area contributed by atoms with E-state index in [1.54, 1.807) is 18.2 Å². The Kier molecular flexibility index (Phi) is 3.08. The molecule has 0 bridgehead atoms. The summed E-state index contributed by atoms with van der Waals surface area (Å²) >= 11 is 9.11. The van der Waals surface area contributed by atoms with Gasteiger partial charge in [0.15, 0.2) is 5.82 Å². The van der Waals surface area contributed by atoms with Gasteiger partial charge in [-0.3, -0.25) is 0 Å². The van der Waals surface area contributed by atoms with Gasteiger partial charge in [-0.2, -0.15) is 0 Å². The molecule has 0 aliphatic heterocycles. The molecule has 0 unspecified atom stereocenters. The highest BCUT2D eigenvalue weighted by atomic mass is 79.9. The van der Waals surface area contributed by atoms with E-state index in [1.807, 2.05) is 0 Å². The van der Waals surface area contributed by atoms with Crippen LogP contribution >= 0.6 is 27.5 Å². The Bertz CT molecular complexity index is 614. The molecule has 3 rings (SSSR count). The van der Waals surface area contributed by atoms with Crippen LogP contribution in [0.2, 0.25) is 5.15 Å². The van der Waals surface area contributed by atoms with Gasteiger partial charge in [-0.15, -0.1) is 0 Å². The van der Waals surface area contributed by atoms with Gasteiger partial charge >= 0.3 is 0 Å². The number of hydrogen-bond acceptors (Lipinski definition) is 2. The molecule has 2 nitrogen and oxygen atoms in total. The third-order valence-electron chi connectivity index (χ3n) is 2.89. The molecule has 0 spiro atoms. The van der Waals surface area contributed by atoms with E-state index >= 15 is 0 Å². The van der Waals surface area contributed by atoms with Crippen LogP contribution < -0.4 is 0 Å². The quantitative estimate of drug-likeness (QED) is 0.755. The number of hydrogen-bond donors (Lipinski definition) is 0. The van der Waals surface area contributed by atoms with Crippen molar-refractivity contribution in [3.8, 4) is 11.4 Å². The second kappa shape index (κ2) is 4.59. The summed E-state index contributed by atoms with van der Waals surface area (Å²) in [5.74, 6) is 0.643. The standard InChI is InChI=1S/C13H9BrClFN2/c14-9-4-3-8(5-10(9)16)13-17-11(7-1-2-7)6-12(15)18-13/h3-7H,1-2H2. The lowest BCUT2D eigenvalue weighted by molar-refractivity contribution is 0.621. The minimum Gasteiger partial charge on any atom is -0.233 e. The average molecular weight is 328 g/mol. The SMILES string of the molecule is Fc1cc(-c2nc(Cl)cc(C3CC3)n2)ccc1Br. The van der Waals surface area contributed by atoms with Crippen LogP contribution in [0.15, 0.2) is 28.7 Å². The van der Waals surface area contributed by atoms with Gasteiger partial charge in [-0.25, -0.2) is 14.4 Å². The van der Waals surface area contributed by atoms with E-state index in [4.69, 9.17) is 11.6 Å². The third kappa shape index (κ3) is 2.40. The number of halogens is 3. The summed E-state index contributed by atoms with van der Waals surface area (Å²) in [6.07, 6.45) is 2.28. The summed E-state index contributed by atoms with van der Waals surface area (Å²) in [7, 11) is 0. The Hall–Kier alpha value is -1.00. The zero-order valence-corrected chi connectivity index (χ0v) is 11.7. The van der Waals surface area contributed by atoms with Crippen molar-refractivity contribution in [1.29, 1.82) is 0 Å². The van der Waals surface area contributed by atoms with Crippen molar-refractivity contribution in [2.75, 3.05) is 0 Å². The maximum atomic E-state index is 13.5. The van der Waals surface area contributed by atoms with Crippen molar-refractivity contribution in [2.24, 2.45) is 0 Å². The highest BCUT2D eigenvalue weighted by molar-refractivity contribution is 9.10. The van der Waals surface area contributed by atoms with Gasteiger partial charge in [0.25, 0.3) is 0 Å². The predicted octanol–water partition coefficient (Wildman–Crippen LogP) is 4.58. The lowest BCUT2D eigenvalue weighted by atomic mass is 10.2. The van der Waals surface area contributed by atoms with Gasteiger partial charge in [-0.1, -0.05) is 11.6 Å². The van der Waals surface area contributed by atoms with E-state index in [9.17, 15) is 4.39 Å². The van der Waals surface area contributed by atoms with Crippen molar-refractivity contribution in [3.63, 3.8) is 0 Å². The topological polar surface area (TPSA) is 25.8 Å². The Morgan fingerprint density at radius 1 is 1.22 bits per heavy atom. The molecular formula is C13H9BrClFN2. The third-order valence-corrected chi connectivity index (χ3v) is 3.72. The maximum Gasteiger partial charge on any atom is 0.161 e. The molecule has 0 saturated heterocycles. The van der Waals surface area contributed by atoms with Gasteiger partial charge in [0.1, 0.15) is 11.0 Å². The summed E-state index contributed by atoms with van der Waals surface area (Å²) in [5, 5.41) is 0.408. The number of aromatic nitrogens is 2. The normalized spacial score (nSPS) is 14.8. The smallest absolute Gasteiger partial charge is 0.161 e. The van der Waals surface area contributed by atoms with Crippen LogP contribution in [0.25, 0.3) is 11.4 Å². The van der Waals surface area contributed by atoms with E-state index in [2.05, 4.69) is 25.9 Å². The van der Waals surface area contributed by atoms with E-state index in [0.29, 0.717) is 26.9 Å². The fourth-order valence-corrected chi connectivity index (χ4v) is 2.23. The summed E-state index contributed by atoms with van der Waals surface area (Å²) in [4.78, 5) is 8.62. The molecule has 1 aromatic carbocycles. The van der Waals surface area contributed by atoms with Crippen molar-refractivity contribution in [1.82, 2.24) is 9.97 Å². The molecule has 92 valence electrons. The molecule has 2 aromatic rings. The first-order valence-electron chi connectivity index (χ1n) is 5.63. The molecule has 18 heavy (non-hydrogen) atoms. The summed E-state index contributed by atoms with van der Waals surface area (Å²) in [6.45, 7) is 0. The Balaban J connectivity index is 2.07. The van der Waals surface area contributed by atoms with Crippen LogP contribution in [-0.4, -0.2) is 9.97 Å². The molecule has 1 aromatic heterocycles. The fourth-order valence-electron chi connectivity index (χ4n) is 1.79. The molecule has 1 saturated carbocycles. The highest BCUT2D eigenvalue weighted by Gasteiger charge is 2.26. The molecule has 0 N–H and O–H groups in total. The second-order valence-electron chi connectivity index (χ2n) is 4.34. The van der Waals surface area contributed by atoms with E-state index in [0.717, 1.165) is 18.5 Å². The van der Waals surface area contributed by atoms with Crippen LogP contribution in [0, 0.1) is 5.82 Å². The average Bonchev–Trinajstić information content (AvgIpc) is 3.16. The van der Waals surface area contributed by atoms with Gasteiger partial charge < -0.3 is 0 Å². The molecular weight excluding hydrogens is 319 g/mol. The molecule has 1 heterocycles. The Morgan fingerprint density at radius 3 is 2.67 bits per heavy atom. The summed E-state index contributed by atoms with van der Waals surface area (Å²) in [6, 6.07) is 6.62. The van der Waals surface area contributed by atoms with Crippen LogP contribution in [0.3, 0.4) is 0 Å². The van der Waals surface area contributed by atoms with Gasteiger partial charge in [-0.05, 0) is 53.0 Å². The van der Waals surface area contributed by atoms with E-state index < -0.39 is 0 Å². The zero-order chi connectivity index (χ0) is 12.7. The molecule has 0 atom stereocenters. The van der Waals surface area contributed by atoms with Crippen molar-refractivity contribution in [3.05, 3.63) is 45.4 Å². The predicted molar refractivity (Wildman–Crippen MR) is 72.1 cm³/mol. The largest absolute Gasteiger partial charge is 0.233 e. The van der Waals surface area contributed by atoms with Crippen LogP contribution in [0.1, 0.15) is 24.5 Å². The lowest BCUT2D eigenvalue weighted by Gasteiger charge is -2.05. The molecule has 5 heteroatoms. The fraction of sp³-hybridized carbons (Fsp3) is 0.231. The summed E-state index contributed by atoms with van der Waals surface area (Å²) < 4.78 is 13.9. The molecule has 0 radical (unpaired) electrons. The van der Waals surface area contributed by atoms with Crippen molar-refractivity contribution < 1.29 is 4.39 Å². The zero-order valence-electron chi connectivity index (χ0n) is 9.33. The first-order valence-corrected chi connectivity index (χ1v) is 6.80. The Morgan fingerprint density at radius 2 is 2.00 bits per heavy atom. The minimum atomic E-state index is -0.330.